The van der Waals surface area contributed by atoms with E-state index in [1.165, 1.54) is 0 Å². The lowest BCUT2D eigenvalue weighted by Crippen LogP contribution is -2.02. The van der Waals surface area contributed by atoms with Crippen LogP contribution < -0.4 is 28.4 Å². The van der Waals surface area contributed by atoms with E-state index < -0.39 is 0 Å². The zero-order valence-corrected chi connectivity index (χ0v) is 45.2. The molecule has 84 heavy (non-hydrogen) atoms. The summed E-state index contributed by atoms with van der Waals surface area (Å²) in [6, 6.07) is 98.8. The van der Waals surface area contributed by atoms with Gasteiger partial charge in [-0.15, -0.1) is 0 Å². The second kappa shape index (κ2) is 20.3. The van der Waals surface area contributed by atoms with Gasteiger partial charge >= 0.3 is 0 Å². The van der Waals surface area contributed by atoms with Crippen molar-refractivity contribution in [3.8, 4) is 69.0 Å². The van der Waals surface area contributed by atoms with Crippen molar-refractivity contribution in [2.75, 3.05) is 0 Å². The third-order valence-corrected chi connectivity index (χ3v) is 16.0. The topological polar surface area (TPSA) is 55.4 Å². The Morgan fingerprint density at radius 3 is 0.726 bits per heavy atom. The standard InChI is InChI=1S/C78H48O6/c1-7-33-55-49(21-1)27-15-41-64(55)79-70-48-47-63-61-39-13-14-40-62(61)72-73(71(63)74(70)80-65-42-16-28-50-22-2-8-34-56(50)65)76(82-67-44-18-30-52-24-4-10-36-58(52)67)78(84-69-46-20-32-54-26-6-12-38-60(54)69)77(83-68-45-19-31-53-25-5-11-37-59(53)68)75(72)81-66-43-17-29-51-23-3-9-35-57(51)66/h1-48H. The second-order valence-corrected chi connectivity index (χ2v) is 20.9. The van der Waals surface area contributed by atoms with E-state index in [9.17, 15) is 0 Å². The summed E-state index contributed by atoms with van der Waals surface area (Å²) < 4.78 is 46.1. The van der Waals surface area contributed by atoms with Crippen molar-refractivity contribution in [2.45, 2.75) is 0 Å². The number of fused-ring (bicyclic) bond motifs is 12. The van der Waals surface area contributed by atoms with Crippen LogP contribution in [0.3, 0.4) is 0 Å². The van der Waals surface area contributed by atoms with Gasteiger partial charge in [-0.2, -0.15) is 0 Å². The number of hydrogen-bond acceptors (Lipinski definition) is 6. The molecule has 6 nitrogen and oxygen atoms in total. The van der Waals surface area contributed by atoms with E-state index in [2.05, 4.69) is 140 Å². The van der Waals surface area contributed by atoms with Crippen molar-refractivity contribution in [3.63, 3.8) is 0 Å². The molecule has 0 saturated carbocycles. The highest BCUT2D eigenvalue weighted by atomic mass is 16.6. The number of hydrogen-bond donors (Lipinski definition) is 0. The van der Waals surface area contributed by atoms with E-state index in [0.717, 1.165) is 80.8 Å². The molecule has 0 amide bonds. The smallest absolute Gasteiger partial charge is 0.217 e. The third kappa shape index (κ3) is 8.35. The fourth-order valence-electron chi connectivity index (χ4n) is 12.1. The quantitative estimate of drug-likeness (QED) is 0.114. The molecule has 0 unspecified atom stereocenters. The van der Waals surface area contributed by atoms with Gasteiger partial charge in [-0.25, -0.2) is 0 Å². The first-order valence-corrected chi connectivity index (χ1v) is 28.1. The molecule has 6 heteroatoms. The molecule has 0 saturated heterocycles. The van der Waals surface area contributed by atoms with E-state index in [0.29, 0.717) is 79.4 Å². The van der Waals surface area contributed by atoms with E-state index >= 15 is 0 Å². The van der Waals surface area contributed by atoms with Gasteiger partial charge in [-0.05, 0) is 97.0 Å². The van der Waals surface area contributed by atoms with Gasteiger partial charge in [-0.1, -0.05) is 243 Å². The van der Waals surface area contributed by atoms with Crippen LogP contribution in [0.5, 0.6) is 69.0 Å². The molecule has 0 aliphatic heterocycles. The Bertz CT molecular complexity index is 5250. The van der Waals surface area contributed by atoms with Gasteiger partial charge in [0.2, 0.25) is 11.5 Å². The highest BCUT2D eigenvalue weighted by molar-refractivity contribution is 6.31. The zero-order valence-electron chi connectivity index (χ0n) is 45.2. The highest BCUT2D eigenvalue weighted by Gasteiger charge is 2.34. The molecule has 16 aromatic carbocycles. The SMILES string of the molecule is c1ccc2c(Oc3ccc4c5ccccc5c5c(Oc6cccc7ccccc67)c(Oc6cccc7ccccc67)c(Oc6cccc7ccccc67)c(Oc6cccc7ccccc67)c5c4c3Oc3cccc4ccccc34)cccc2c1. The van der Waals surface area contributed by atoms with Crippen LogP contribution in [0.1, 0.15) is 0 Å². The van der Waals surface area contributed by atoms with E-state index in [-0.39, 0.29) is 5.75 Å². The number of benzene rings is 16. The highest BCUT2D eigenvalue weighted by Crippen LogP contribution is 2.62. The fourth-order valence-corrected chi connectivity index (χ4v) is 12.1. The number of ether oxygens (including phenoxy) is 6. The summed E-state index contributed by atoms with van der Waals surface area (Å²) in [7, 11) is 0. The van der Waals surface area contributed by atoms with Crippen LogP contribution in [0.25, 0.3) is 97.0 Å². The van der Waals surface area contributed by atoms with Gasteiger partial charge in [0.25, 0.3) is 0 Å². The van der Waals surface area contributed by atoms with Gasteiger partial charge in [0.1, 0.15) is 34.5 Å². The lowest BCUT2D eigenvalue weighted by Gasteiger charge is -2.26. The van der Waals surface area contributed by atoms with Gasteiger partial charge in [0.05, 0.1) is 0 Å². The van der Waals surface area contributed by atoms with Gasteiger partial charge in [0, 0.05) is 48.5 Å². The Labute approximate surface area is 483 Å². The Morgan fingerprint density at radius 1 is 0.131 bits per heavy atom. The number of rotatable bonds is 12. The Balaban J connectivity index is 1.13. The summed E-state index contributed by atoms with van der Waals surface area (Å²) in [6.07, 6.45) is 0. The average molecular weight is 1080 g/mol. The minimum Gasteiger partial charge on any atom is -0.453 e. The normalized spacial score (nSPS) is 11.6. The van der Waals surface area contributed by atoms with Crippen molar-refractivity contribution >= 4 is 97.0 Å². The van der Waals surface area contributed by atoms with Crippen LogP contribution in [0.2, 0.25) is 0 Å². The molecule has 0 N–H and O–H groups in total. The van der Waals surface area contributed by atoms with E-state index in [1.54, 1.807) is 0 Å². The summed E-state index contributed by atoms with van der Waals surface area (Å²) in [5, 5.41) is 16.2. The molecule has 16 aromatic rings. The molecular weight excluding hydrogens is 1030 g/mol. The van der Waals surface area contributed by atoms with Crippen LogP contribution in [-0.4, -0.2) is 0 Å². The first kappa shape index (κ1) is 48.6. The van der Waals surface area contributed by atoms with Crippen LogP contribution in [0.4, 0.5) is 0 Å². The Kier molecular flexibility index (Phi) is 11.8. The molecule has 0 aliphatic carbocycles. The molecule has 0 aromatic heterocycles. The molecule has 16 rings (SSSR count). The monoisotopic (exact) mass is 1080 g/mol. The minimum absolute atomic E-state index is 0.267. The Morgan fingerprint density at radius 2 is 0.369 bits per heavy atom. The maximum atomic E-state index is 7.85. The molecule has 0 heterocycles. The lowest BCUT2D eigenvalue weighted by molar-refractivity contribution is 0.375. The molecule has 0 fully saturated rings. The lowest BCUT2D eigenvalue weighted by atomic mass is 9.91. The first-order valence-electron chi connectivity index (χ1n) is 28.1. The predicted octanol–water partition coefficient (Wildman–Crippen LogP) is 22.8. The van der Waals surface area contributed by atoms with E-state index in [1.807, 2.05) is 152 Å². The Hall–Kier alpha value is -11.3. The minimum atomic E-state index is 0.267. The van der Waals surface area contributed by atoms with Crippen LogP contribution in [0, 0.1) is 0 Å². The maximum absolute atomic E-state index is 7.85. The van der Waals surface area contributed by atoms with Gasteiger partial charge in [-0.3, -0.25) is 0 Å². The summed E-state index contributed by atoms with van der Waals surface area (Å²) in [4.78, 5) is 0. The summed E-state index contributed by atoms with van der Waals surface area (Å²) >= 11 is 0. The van der Waals surface area contributed by atoms with Crippen LogP contribution in [0.15, 0.2) is 291 Å². The molecule has 0 aliphatic rings. The molecule has 0 radical (unpaired) electrons. The summed E-state index contributed by atoms with van der Waals surface area (Å²) in [5.41, 5.74) is 0. The van der Waals surface area contributed by atoms with Crippen molar-refractivity contribution in [1.82, 2.24) is 0 Å². The van der Waals surface area contributed by atoms with Crippen LogP contribution in [-0.2, 0) is 0 Å². The average Bonchev–Trinajstić information content (AvgIpc) is 1.58. The van der Waals surface area contributed by atoms with Crippen molar-refractivity contribution in [3.05, 3.63) is 291 Å². The van der Waals surface area contributed by atoms with E-state index in [4.69, 9.17) is 28.4 Å². The van der Waals surface area contributed by atoms with Gasteiger partial charge < -0.3 is 28.4 Å². The van der Waals surface area contributed by atoms with Crippen LogP contribution >= 0.6 is 0 Å². The fraction of sp³-hybridized carbons (Fsp3) is 0. The predicted molar refractivity (Wildman–Crippen MR) is 343 cm³/mol. The first-order chi connectivity index (χ1) is 41.7. The molecule has 0 spiro atoms. The zero-order chi connectivity index (χ0) is 55.5. The van der Waals surface area contributed by atoms with Crippen molar-refractivity contribution in [2.24, 2.45) is 0 Å². The third-order valence-electron chi connectivity index (χ3n) is 16.0. The second-order valence-electron chi connectivity index (χ2n) is 20.9. The summed E-state index contributed by atoms with van der Waals surface area (Å²) in [6.45, 7) is 0. The molecular formula is C78H48O6. The summed E-state index contributed by atoms with van der Waals surface area (Å²) in [5.74, 6) is 5.90. The maximum Gasteiger partial charge on any atom is 0.217 e. The largest absolute Gasteiger partial charge is 0.453 e. The van der Waals surface area contributed by atoms with Gasteiger partial charge in [0.15, 0.2) is 23.0 Å². The molecule has 0 bridgehead atoms. The molecule has 396 valence electrons. The van der Waals surface area contributed by atoms with Crippen molar-refractivity contribution < 1.29 is 28.4 Å². The van der Waals surface area contributed by atoms with Crippen molar-refractivity contribution in [1.29, 1.82) is 0 Å². The molecule has 0 atom stereocenters.